The number of carbonyl (C=O) groups is 2. The second-order valence-electron chi connectivity index (χ2n) is 7.93. The van der Waals surface area contributed by atoms with Crippen molar-refractivity contribution in [1.82, 2.24) is 9.80 Å². The molecule has 1 spiro atoms. The van der Waals surface area contributed by atoms with E-state index in [-0.39, 0.29) is 11.8 Å². The van der Waals surface area contributed by atoms with Crippen LogP contribution in [0.3, 0.4) is 0 Å². The third-order valence-electron chi connectivity index (χ3n) is 6.20. The van der Waals surface area contributed by atoms with Gasteiger partial charge in [0.25, 0.3) is 11.8 Å². The fourth-order valence-electron chi connectivity index (χ4n) is 4.35. The maximum Gasteiger partial charge on any atom is 0.261 e. The van der Waals surface area contributed by atoms with Gasteiger partial charge in [0.2, 0.25) is 0 Å². The summed E-state index contributed by atoms with van der Waals surface area (Å²) in [5.41, 5.74) is 2.39. The molecule has 5 rings (SSSR count). The van der Waals surface area contributed by atoms with Crippen LogP contribution in [-0.4, -0.2) is 38.4 Å². The Kier molecular flexibility index (Phi) is 3.55. The largest absolute Gasteiger partial charge is 0.319 e. The molecule has 4 saturated heterocycles. The molecule has 26 heavy (non-hydrogen) atoms. The molecule has 4 aliphatic rings. The van der Waals surface area contributed by atoms with Crippen LogP contribution < -0.4 is 0 Å². The second kappa shape index (κ2) is 5.20. The van der Waals surface area contributed by atoms with Crippen molar-refractivity contribution in [3.8, 4) is 6.07 Å². The molecule has 0 saturated carbocycles. The van der Waals surface area contributed by atoms with Crippen LogP contribution in [0.1, 0.15) is 43.0 Å². The van der Waals surface area contributed by atoms with Gasteiger partial charge in [0.1, 0.15) is 0 Å². The zero-order chi connectivity index (χ0) is 19.1. The van der Waals surface area contributed by atoms with E-state index in [0.29, 0.717) is 6.42 Å². The average Bonchev–Trinajstić information content (AvgIpc) is 2.89. The van der Waals surface area contributed by atoms with Crippen molar-refractivity contribution in [3.63, 3.8) is 0 Å². The summed E-state index contributed by atoms with van der Waals surface area (Å²) in [6.07, 6.45) is 0.344. The topological polar surface area (TPSA) is 64.4 Å². The lowest BCUT2D eigenvalue weighted by molar-refractivity contribution is -0.164. The van der Waals surface area contributed by atoms with Gasteiger partial charge in [-0.05, 0) is 44.4 Å². The van der Waals surface area contributed by atoms with Crippen LogP contribution in [0.5, 0.6) is 0 Å². The van der Waals surface area contributed by atoms with Gasteiger partial charge in [-0.15, -0.1) is 0 Å². The minimum atomic E-state index is -0.998. The number of fused-ring (bicyclic) bond motifs is 2. The SMILES string of the molecule is Cc1ccc(C2N3C(=O)[C@]4(C)SS[C@@]3(C[C@]2(C)C#N)C(=O)N4C)cc1C. The molecule has 2 bridgehead atoms. The molecule has 0 aromatic heterocycles. The predicted molar refractivity (Wildman–Crippen MR) is 103 cm³/mol. The second-order valence-corrected chi connectivity index (χ2v) is 10.7. The van der Waals surface area contributed by atoms with Gasteiger partial charge in [0.05, 0.1) is 17.5 Å². The Morgan fingerprint density at radius 3 is 2.46 bits per heavy atom. The van der Waals surface area contributed by atoms with Crippen molar-refractivity contribution in [3.05, 3.63) is 34.9 Å². The molecule has 4 heterocycles. The monoisotopic (exact) mass is 387 g/mol. The summed E-state index contributed by atoms with van der Waals surface area (Å²) in [5.74, 6) is -0.151. The van der Waals surface area contributed by atoms with E-state index in [1.807, 2.05) is 32.9 Å². The van der Waals surface area contributed by atoms with Gasteiger partial charge in [-0.3, -0.25) is 9.59 Å². The number of benzene rings is 1. The van der Waals surface area contributed by atoms with Gasteiger partial charge in [0, 0.05) is 13.5 Å². The highest BCUT2D eigenvalue weighted by atomic mass is 33.1. The molecule has 5 nitrogen and oxygen atoms in total. The normalized spacial score (nSPS) is 38.5. The van der Waals surface area contributed by atoms with Crippen LogP contribution in [0.2, 0.25) is 0 Å². The highest BCUT2D eigenvalue weighted by molar-refractivity contribution is 8.78. The number of aryl methyl sites for hydroxylation is 2. The van der Waals surface area contributed by atoms with Crippen LogP contribution >= 0.6 is 21.6 Å². The Morgan fingerprint density at radius 2 is 1.85 bits per heavy atom. The molecule has 4 atom stereocenters. The van der Waals surface area contributed by atoms with Crippen molar-refractivity contribution >= 4 is 33.4 Å². The highest BCUT2D eigenvalue weighted by Gasteiger charge is 2.74. The van der Waals surface area contributed by atoms with E-state index in [1.165, 1.54) is 27.2 Å². The first-order valence-corrected chi connectivity index (χ1v) is 10.7. The van der Waals surface area contributed by atoms with Gasteiger partial charge in [-0.1, -0.05) is 39.8 Å². The predicted octanol–water partition coefficient (Wildman–Crippen LogP) is 3.39. The van der Waals surface area contributed by atoms with Crippen molar-refractivity contribution in [2.75, 3.05) is 7.05 Å². The van der Waals surface area contributed by atoms with Gasteiger partial charge < -0.3 is 9.80 Å². The Hall–Kier alpha value is -1.65. The number of nitrogens with zero attached hydrogens (tertiary/aromatic N) is 3. The summed E-state index contributed by atoms with van der Waals surface area (Å²) >= 11 is 0. The van der Waals surface area contributed by atoms with E-state index in [9.17, 15) is 14.9 Å². The third-order valence-corrected chi connectivity index (χ3v) is 9.89. The Bertz CT molecular complexity index is 897. The molecule has 136 valence electrons. The van der Waals surface area contributed by atoms with E-state index in [0.717, 1.165) is 11.1 Å². The van der Waals surface area contributed by atoms with Crippen LogP contribution in [0.4, 0.5) is 0 Å². The van der Waals surface area contributed by atoms with Crippen LogP contribution in [0, 0.1) is 30.6 Å². The molecule has 1 aromatic rings. The number of rotatable bonds is 1. The average molecular weight is 388 g/mol. The van der Waals surface area contributed by atoms with Crippen LogP contribution in [0.25, 0.3) is 0 Å². The molecule has 1 unspecified atom stereocenters. The zero-order valence-electron chi connectivity index (χ0n) is 15.5. The maximum absolute atomic E-state index is 13.5. The highest BCUT2D eigenvalue weighted by Crippen LogP contribution is 2.69. The van der Waals surface area contributed by atoms with Gasteiger partial charge in [0.15, 0.2) is 9.74 Å². The first-order chi connectivity index (χ1) is 12.1. The molecule has 4 aliphatic heterocycles. The van der Waals surface area contributed by atoms with Crippen molar-refractivity contribution < 1.29 is 9.59 Å². The quantitative estimate of drug-likeness (QED) is 0.691. The molecule has 7 heteroatoms. The lowest BCUT2D eigenvalue weighted by Gasteiger charge is -2.57. The first kappa shape index (κ1) is 17.7. The smallest absolute Gasteiger partial charge is 0.261 e. The van der Waals surface area contributed by atoms with E-state index < -0.39 is 21.2 Å². The molecule has 0 aliphatic carbocycles. The summed E-state index contributed by atoms with van der Waals surface area (Å²) in [7, 11) is 4.58. The molecule has 0 N–H and O–H groups in total. The fraction of sp³-hybridized carbons (Fsp3) is 0.526. The molecule has 0 radical (unpaired) electrons. The standard InChI is InChI=1S/C19H21N3O2S2/c1-11-6-7-13(8-12(11)2)14-17(3,10-20)9-19-16(24)21(5)18(4,25-26-19)15(23)22(14)19/h6-8,14H,9H2,1-5H3/t14?,17-,18+,19+/m1/s1. The molecule has 4 fully saturated rings. The minimum absolute atomic E-state index is 0.0730. The van der Waals surface area contributed by atoms with E-state index in [4.69, 9.17) is 0 Å². The van der Waals surface area contributed by atoms with E-state index in [1.54, 1.807) is 23.8 Å². The van der Waals surface area contributed by atoms with Crippen molar-refractivity contribution in [2.45, 2.75) is 49.9 Å². The minimum Gasteiger partial charge on any atom is -0.319 e. The van der Waals surface area contributed by atoms with Crippen molar-refractivity contribution in [1.29, 1.82) is 5.26 Å². The lowest BCUT2D eigenvalue weighted by atomic mass is 9.79. The molecular formula is C19H21N3O2S2. The summed E-state index contributed by atoms with van der Waals surface area (Å²) in [4.78, 5) is 28.1. The third kappa shape index (κ3) is 1.89. The van der Waals surface area contributed by atoms with E-state index in [2.05, 4.69) is 12.1 Å². The van der Waals surface area contributed by atoms with E-state index >= 15 is 0 Å². The maximum atomic E-state index is 13.5. The van der Waals surface area contributed by atoms with Crippen molar-refractivity contribution in [2.24, 2.45) is 5.41 Å². The molecular weight excluding hydrogens is 366 g/mol. The fourth-order valence-corrected chi connectivity index (χ4v) is 7.94. The summed E-state index contributed by atoms with van der Waals surface area (Å²) < 4.78 is 0. The number of carbonyl (C=O) groups excluding carboxylic acids is 2. The first-order valence-electron chi connectivity index (χ1n) is 8.58. The lowest BCUT2D eigenvalue weighted by Crippen LogP contribution is -2.73. The summed E-state index contributed by atoms with van der Waals surface area (Å²) in [5, 5.41) is 10.0. The number of hydrogen-bond acceptors (Lipinski definition) is 5. The Labute approximate surface area is 161 Å². The number of nitriles is 1. The number of amides is 2. The van der Waals surface area contributed by atoms with Gasteiger partial charge in [-0.25, -0.2) is 0 Å². The number of likely N-dealkylation sites (N-methyl/N-ethyl adjacent to an activating group) is 1. The van der Waals surface area contributed by atoms with Crippen LogP contribution in [-0.2, 0) is 9.59 Å². The van der Waals surface area contributed by atoms with Crippen LogP contribution in [0.15, 0.2) is 18.2 Å². The Morgan fingerprint density at radius 1 is 1.15 bits per heavy atom. The molecule has 1 aromatic carbocycles. The Balaban J connectivity index is 1.95. The summed E-state index contributed by atoms with van der Waals surface area (Å²) in [6, 6.07) is 8.08. The zero-order valence-corrected chi connectivity index (χ0v) is 17.1. The number of piperazine rings is 1. The van der Waals surface area contributed by atoms with Gasteiger partial charge in [-0.2, -0.15) is 5.26 Å². The summed E-state index contributed by atoms with van der Waals surface area (Å²) in [6.45, 7) is 7.75. The van der Waals surface area contributed by atoms with Gasteiger partial charge >= 0.3 is 0 Å². The molecule has 2 amide bonds. The number of hydrogen-bond donors (Lipinski definition) is 0.